The van der Waals surface area contributed by atoms with Crippen LogP contribution in [0.25, 0.3) is 11.3 Å². The van der Waals surface area contributed by atoms with E-state index in [1.807, 2.05) is 18.2 Å². The molecule has 2 heterocycles. The highest BCUT2D eigenvalue weighted by Crippen LogP contribution is 2.22. The highest BCUT2D eigenvalue weighted by atomic mass is 16.3. The quantitative estimate of drug-likeness (QED) is 0.733. The van der Waals surface area contributed by atoms with Crippen LogP contribution in [0, 0.1) is 0 Å². The van der Waals surface area contributed by atoms with Crippen LogP contribution in [0.3, 0.4) is 0 Å². The van der Waals surface area contributed by atoms with Crippen molar-refractivity contribution in [2.45, 2.75) is 0 Å². The monoisotopic (exact) mass is 230 g/mol. The third-order valence-corrected chi connectivity index (χ3v) is 2.31. The minimum absolute atomic E-state index is 0.0423. The van der Waals surface area contributed by atoms with E-state index in [0.717, 1.165) is 11.3 Å². The average Bonchev–Trinajstić information content (AvgIpc) is 2.39. The van der Waals surface area contributed by atoms with Gasteiger partial charge in [-0.15, -0.1) is 0 Å². The number of aliphatic hydroxyl groups is 1. The first-order valence-electron chi connectivity index (χ1n) is 5.33. The van der Waals surface area contributed by atoms with Gasteiger partial charge in [0.1, 0.15) is 5.82 Å². The number of anilines is 2. The summed E-state index contributed by atoms with van der Waals surface area (Å²) in [4.78, 5) is 8.36. The van der Waals surface area contributed by atoms with Crippen molar-refractivity contribution in [1.82, 2.24) is 9.97 Å². The minimum atomic E-state index is 0.0423. The van der Waals surface area contributed by atoms with E-state index < -0.39 is 0 Å². The van der Waals surface area contributed by atoms with Crippen LogP contribution in [-0.2, 0) is 0 Å². The lowest BCUT2D eigenvalue weighted by atomic mass is 10.2. The number of aromatic nitrogens is 2. The van der Waals surface area contributed by atoms with Gasteiger partial charge in [-0.1, -0.05) is 0 Å². The number of rotatable bonds is 4. The van der Waals surface area contributed by atoms with Crippen LogP contribution >= 0.6 is 0 Å². The molecule has 0 aliphatic heterocycles. The van der Waals surface area contributed by atoms with E-state index in [2.05, 4.69) is 15.3 Å². The second-order valence-electron chi connectivity index (χ2n) is 3.52. The van der Waals surface area contributed by atoms with E-state index in [9.17, 15) is 0 Å². The van der Waals surface area contributed by atoms with Crippen molar-refractivity contribution in [3.05, 3.63) is 36.7 Å². The topological polar surface area (TPSA) is 84.1 Å². The molecule has 0 saturated heterocycles. The molecule has 0 saturated carbocycles. The first-order chi connectivity index (χ1) is 8.31. The molecule has 0 atom stereocenters. The van der Waals surface area contributed by atoms with Crippen molar-refractivity contribution in [1.29, 1.82) is 0 Å². The zero-order chi connectivity index (χ0) is 12.1. The van der Waals surface area contributed by atoms with Crippen LogP contribution in [0.2, 0.25) is 0 Å². The molecule has 5 heteroatoms. The Labute approximate surface area is 99.3 Å². The second-order valence-corrected chi connectivity index (χ2v) is 3.52. The van der Waals surface area contributed by atoms with Crippen LogP contribution in [0.4, 0.5) is 11.5 Å². The first-order valence-corrected chi connectivity index (χ1v) is 5.33. The van der Waals surface area contributed by atoms with Crippen LogP contribution in [0.15, 0.2) is 36.7 Å². The molecule has 4 N–H and O–H groups in total. The maximum absolute atomic E-state index is 8.77. The molecule has 0 bridgehead atoms. The van der Waals surface area contributed by atoms with Gasteiger partial charge in [0.25, 0.3) is 0 Å². The summed E-state index contributed by atoms with van der Waals surface area (Å²) in [6.45, 7) is 0.470. The van der Waals surface area contributed by atoms with Gasteiger partial charge in [-0.2, -0.15) is 0 Å². The van der Waals surface area contributed by atoms with Gasteiger partial charge < -0.3 is 16.2 Å². The van der Waals surface area contributed by atoms with E-state index in [1.54, 1.807) is 18.5 Å². The van der Waals surface area contributed by atoms with Gasteiger partial charge in [-0.3, -0.25) is 4.98 Å². The molecule has 5 nitrogen and oxygen atoms in total. The summed E-state index contributed by atoms with van der Waals surface area (Å²) in [6, 6.07) is 7.42. The number of hydrogen-bond donors (Lipinski definition) is 3. The summed E-state index contributed by atoms with van der Waals surface area (Å²) in [5, 5.41) is 11.7. The molecule has 2 aromatic rings. The zero-order valence-corrected chi connectivity index (χ0v) is 9.30. The van der Waals surface area contributed by atoms with Crippen LogP contribution < -0.4 is 11.1 Å². The number of nitrogen functional groups attached to an aromatic ring is 1. The van der Waals surface area contributed by atoms with Gasteiger partial charge in [0.05, 0.1) is 18.0 Å². The molecule has 0 aliphatic carbocycles. The minimum Gasteiger partial charge on any atom is -0.396 e. The van der Waals surface area contributed by atoms with Crippen molar-refractivity contribution in [2.75, 3.05) is 24.2 Å². The van der Waals surface area contributed by atoms with E-state index in [0.29, 0.717) is 18.1 Å². The van der Waals surface area contributed by atoms with Crippen molar-refractivity contribution in [3.8, 4) is 11.3 Å². The van der Waals surface area contributed by atoms with Crippen molar-refractivity contribution >= 4 is 11.5 Å². The van der Waals surface area contributed by atoms with Crippen molar-refractivity contribution in [3.63, 3.8) is 0 Å². The van der Waals surface area contributed by atoms with Gasteiger partial charge in [-0.05, 0) is 24.3 Å². The molecule has 0 aliphatic rings. The van der Waals surface area contributed by atoms with Crippen molar-refractivity contribution in [2.24, 2.45) is 0 Å². The predicted octanol–water partition coefficient (Wildman–Crippen LogP) is 1.13. The number of nitrogens with two attached hydrogens (primary N) is 1. The summed E-state index contributed by atoms with van der Waals surface area (Å²) >= 11 is 0. The molecule has 0 spiro atoms. The Morgan fingerprint density at radius 2 is 1.94 bits per heavy atom. The third-order valence-electron chi connectivity index (χ3n) is 2.31. The molecular weight excluding hydrogens is 216 g/mol. The second kappa shape index (κ2) is 5.27. The van der Waals surface area contributed by atoms with E-state index in [-0.39, 0.29) is 6.61 Å². The van der Waals surface area contributed by atoms with Gasteiger partial charge in [0, 0.05) is 24.5 Å². The third kappa shape index (κ3) is 2.70. The Bertz CT molecular complexity index is 487. The Balaban J connectivity index is 2.31. The van der Waals surface area contributed by atoms with Gasteiger partial charge >= 0.3 is 0 Å². The van der Waals surface area contributed by atoms with E-state index >= 15 is 0 Å². The molecule has 0 fully saturated rings. The number of hydrogen-bond acceptors (Lipinski definition) is 5. The Morgan fingerprint density at radius 3 is 2.65 bits per heavy atom. The normalized spacial score (nSPS) is 10.2. The average molecular weight is 230 g/mol. The Morgan fingerprint density at radius 1 is 1.18 bits per heavy atom. The molecular formula is C12H14N4O. The highest BCUT2D eigenvalue weighted by Gasteiger charge is 2.04. The molecule has 0 radical (unpaired) electrons. The standard InChI is InChI=1S/C12H14N4O/c13-10-1-2-11(9-3-5-14-6-4-9)16-12(10)15-7-8-17/h1-6,17H,7-8,13H2,(H,15,16). The fourth-order valence-corrected chi connectivity index (χ4v) is 1.47. The lowest BCUT2D eigenvalue weighted by Crippen LogP contribution is -2.09. The SMILES string of the molecule is Nc1ccc(-c2ccncc2)nc1NCCO. The van der Waals surface area contributed by atoms with Gasteiger partial charge in [0.15, 0.2) is 0 Å². The van der Waals surface area contributed by atoms with Gasteiger partial charge in [-0.25, -0.2) is 4.98 Å². The summed E-state index contributed by atoms with van der Waals surface area (Å²) in [5.74, 6) is 0.591. The summed E-state index contributed by atoms with van der Waals surface area (Å²) in [6.07, 6.45) is 3.43. The highest BCUT2D eigenvalue weighted by molar-refractivity contribution is 5.68. The number of nitrogens with zero attached hydrogens (tertiary/aromatic N) is 2. The summed E-state index contributed by atoms with van der Waals surface area (Å²) < 4.78 is 0. The molecule has 2 aromatic heterocycles. The first kappa shape index (κ1) is 11.3. The fourth-order valence-electron chi connectivity index (χ4n) is 1.47. The lowest BCUT2D eigenvalue weighted by molar-refractivity contribution is 0.311. The molecule has 0 amide bonds. The zero-order valence-electron chi connectivity index (χ0n) is 9.30. The van der Waals surface area contributed by atoms with E-state index in [4.69, 9.17) is 10.8 Å². The molecule has 2 rings (SSSR count). The predicted molar refractivity (Wildman–Crippen MR) is 67.5 cm³/mol. The number of pyridine rings is 2. The smallest absolute Gasteiger partial charge is 0.149 e. The summed E-state index contributed by atoms with van der Waals surface area (Å²) in [5.41, 5.74) is 8.16. The van der Waals surface area contributed by atoms with Gasteiger partial charge in [0.2, 0.25) is 0 Å². The molecule has 17 heavy (non-hydrogen) atoms. The Kier molecular flexibility index (Phi) is 3.52. The number of nitrogens with one attached hydrogen (secondary N) is 1. The largest absolute Gasteiger partial charge is 0.396 e. The lowest BCUT2D eigenvalue weighted by Gasteiger charge is -2.09. The summed E-state index contributed by atoms with van der Waals surface area (Å²) in [7, 11) is 0. The fraction of sp³-hybridized carbons (Fsp3) is 0.167. The van der Waals surface area contributed by atoms with Crippen LogP contribution in [0.5, 0.6) is 0 Å². The molecule has 0 unspecified atom stereocenters. The Hall–Kier alpha value is -2.14. The van der Waals surface area contributed by atoms with E-state index in [1.165, 1.54) is 0 Å². The van der Waals surface area contributed by atoms with Crippen LogP contribution in [0.1, 0.15) is 0 Å². The molecule has 88 valence electrons. The van der Waals surface area contributed by atoms with Crippen LogP contribution in [-0.4, -0.2) is 28.2 Å². The maximum atomic E-state index is 8.77. The maximum Gasteiger partial charge on any atom is 0.149 e. The molecule has 0 aromatic carbocycles. The number of aliphatic hydroxyl groups excluding tert-OH is 1. The van der Waals surface area contributed by atoms with Crippen molar-refractivity contribution < 1.29 is 5.11 Å².